The highest BCUT2D eigenvalue weighted by molar-refractivity contribution is 9.10. The molecule has 2 aromatic rings. The number of carbonyl (C=O) groups is 2. The molecule has 0 radical (unpaired) electrons. The van der Waals surface area contributed by atoms with Crippen LogP contribution in [-0.2, 0) is 16.0 Å². The molecule has 1 aromatic heterocycles. The van der Waals surface area contributed by atoms with Crippen molar-refractivity contribution in [3.63, 3.8) is 0 Å². The summed E-state index contributed by atoms with van der Waals surface area (Å²) >= 11 is 3.37. The van der Waals surface area contributed by atoms with Gasteiger partial charge in [-0.05, 0) is 37.6 Å². The summed E-state index contributed by atoms with van der Waals surface area (Å²) in [6.45, 7) is 3.30. The van der Waals surface area contributed by atoms with Crippen LogP contribution >= 0.6 is 15.9 Å². The molecule has 2 heterocycles. The summed E-state index contributed by atoms with van der Waals surface area (Å²) < 4.78 is 11.1. The van der Waals surface area contributed by atoms with Crippen LogP contribution in [0.15, 0.2) is 33.3 Å². The third-order valence-electron chi connectivity index (χ3n) is 3.48. The first-order valence-corrected chi connectivity index (χ1v) is 7.43. The lowest BCUT2D eigenvalue weighted by Crippen LogP contribution is -2.49. The van der Waals surface area contributed by atoms with E-state index in [1.165, 1.54) is 0 Å². The number of aromatic nitrogens is 1. The molecule has 6 nitrogen and oxygen atoms in total. The van der Waals surface area contributed by atoms with E-state index >= 15 is 0 Å². The van der Waals surface area contributed by atoms with Gasteiger partial charge in [0.25, 0.3) is 5.91 Å². The van der Waals surface area contributed by atoms with Gasteiger partial charge < -0.3 is 14.6 Å². The molecule has 1 atom stereocenters. The quantitative estimate of drug-likeness (QED) is 0.828. The van der Waals surface area contributed by atoms with E-state index in [9.17, 15) is 9.59 Å². The molecule has 1 aliphatic rings. The molecule has 1 aliphatic heterocycles. The number of hydrogen-bond donors (Lipinski definition) is 1. The zero-order valence-corrected chi connectivity index (χ0v) is 13.6. The van der Waals surface area contributed by atoms with Gasteiger partial charge in [0.05, 0.1) is 5.56 Å². The first kappa shape index (κ1) is 14.8. The number of fused-ring (bicyclic) bond motifs is 1. The lowest BCUT2D eigenvalue weighted by atomic mass is 9.89. The van der Waals surface area contributed by atoms with E-state index in [2.05, 4.69) is 26.4 Å². The van der Waals surface area contributed by atoms with Gasteiger partial charge in [0.15, 0.2) is 11.4 Å². The molecule has 3 rings (SSSR count). The summed E-state index contributed by atoms with van der Waals surface area (Å²) in [5.41, 5.74) is -0.0528. The largest absolute Gasteiger partial charge is 0.445 e. The van der Waals surface area contributed by atoms with E-state index in [1.54, 1.807) is 32.0 Å². The highest BCUT2D eigenvalue weighted by atomic mass is 79.9. The van der Waals surface area contributed by atoms with Crippen LogP contribution in [0.2, 0.25) is 0 Å². The van der Waals surface area contributed by atoms with Crippen LogP contribution in [0.4, 0.5) is 5.82 Å². The van der Waals surface area contributed by atoms with Crippen LogP contribution in [0, 0.1) is 6.92 Å². The van der Waals surface area contributed by atoms with Crippen molar-refractivity contribution >= 4 is 33.6 Å². The van der Waals surface area contributed by atoms with Gasteiger partial charge in [0, 0.05) is 17.0 Å². The number of halogens is 1. The van der Waals surface area contributed by atoms with Crippen LogP contribution in [0.1, 0.15) is 28.6 Å². The summed E-state index contributed by atoms with van der Waals surface area (Å²) in [6.07, 6.45) is 0.288. The van der Waals surface area contributed by atoms with Gasteiger partial charge >= 0.3 is 5.97 Å². The monoisotopic (exact) mass is 364 g/mol. The molecule has 1 aromatic carbocycles. The molecular formula is C15H13BrN2O4. The molecule has 0 saturated heterocycles. The van der Waals surface area contributed by atoms with Crippen molar-refractivity contribution in [1.29, 1.82) is 0 Å². The summed E-state index contributed by atoms with van der Waals surface area (Å²) in [5.74, 6) is -0.0855. The Morgan fingerprint density at radius 2 is 2.18 bits per heavy atom. The van der Waals surface area contributed by atoms with E-state index in [1.807, 2.05) is 6.07 Å². The minimum atomic E-state index is -1.29. The van der Waals surface area contributed by atoms with Gasteiger partial charge in [-0.3, -0.25) is 4.79 Å². The van der Waals surface area contributed by atoms with Crippen molar-refractivity contribution in [2.24, 2.45) is 0 Å². The number of esters is 1. The van der Waals surface area contributed by atoms with Gasteiger partial charge in [-0.15, -0.1) is 0 Å². The normalized spacial score (nSPS) is 20.2. The van der Waals surface area contributed by atoms with Crippen molar-refractivity contribution in [2.75, 3.05) is 5.32 Å². The van der Waals surface area contributed by atoms with Crippen LogP contribution in [0.3, 0.4) is 0 Å². The minimum absolute atomic E-state index is 0.288. The molecule has 7 heteroatoms. The summed E-state index contributed by atoms with van der Waals surface area (Å²) in [7, 11) is 0. The van der Waals surface area contributed by atoms with Crippen molar-refractivity contribution in [3.05, 3.63) is 45.6 Å². The highest BCUT2D eigenvalue weighted by Gasteiger charge is 2.43. The number of cyclic esters (lactones) is 1. The molecule has 1 amide bonds. The van der Waals surface area contributed by atoms with Crippen molar-refractivity contribution in [1.82, 2.24) is 5.16 Å². The Balaban J connectivity index is 1.87. The minimum Gasteiger partial charge on any atom is -0.445 e. The molecule has 1 unspecified atom stereocenters. The summed E-state index contributed by atoms with van der Waals surface area (Å²) in [5, 5.41) is 6.31. The number of nitrogens with one attached hydrogen (secondary N) is 1. The Morgan fingerprint density at radius 3 is 2.86 bits per heavy atom. The molecule has 1 N–H and O–H groups in total. The van der Waals surface area contributed by atoms with Gasteiger partial charge in [-0.1, -0.05) is 21.1 Å². The number of rotatable bonds is 2. The number of ether oxygens (including phenoxy) is 1. The van der Waals surface area contributed by atoms with Crippen molar-refractivity contribution in [2.45, 2.75) is 25.9 Å². The Kier molecular flexibility index (Phi) is 3.52. The molecular weight excluding hydrogens is 352 g/mol. The maximum Gasteiger partial charge on any atom is 0.339 e. The zero-order chi connectivity index (χ0) is 15.9. The lowest BCUT2D eigenvalue weighted by molar-refractivity contribution is -0.134. The van der Waals surface area contributed by atoms with Crippen LogP contribution in [0.5, 0.6) is 0 Å². The fourth-order valence-electron chi connectivity index (χ4n) is 2.37. The summed E-state index contributed by atoms with van der Waals surface area (Å²) in [6, 6.07) is 6.86. The van der Waals surface area contributed by atoms with E-state index in [0.717, 1.165) is 10.0 Å². The first-order chi connectivity index (χ1) is 10.4. The molecule has 0 bridgehead atoms. The first-order valence-electron chi connectivity index (χ1n) is 6.64. The SMILES string of the molecule is Cc1cc(NC(=O)C2(C)Cc3cc(Br)ccc3C(=O)O2)no1. The smallest absolute Gasteiger partial charge is 0.339 e. The maximum atomic E-state index is 12.5. The van der Waals surface area contributed by atoms with Gasteiger partial charge in [0.2, 0.25) is 0 Å². The standard InChI is InChI=1S/C15H13BrN2O4/c1-8-5-12(18-22-8)17-14(20)15(2)7-9-6-10(16)3-4-11(9)13(19)21-15/h3-6H,7H2,1-2H3,(H,17,18,20). The highest BCUT2D eigenvalue weighted by Crippen LogP contribution is 2.31. The number of anilines is 1. The second-order valence-electron chi connectivity index (χ2n) is 5.38. The van der Waals surface area contributed by atoms with Crippen LogP contribution in [0.25, 0.3) is 0 Å². The van der Waals surface area contributed by atoms with E-state index < -0.39 is 17.5 Å². The zero-order valence-electron chi connectivity index (χ0n) is 12.0. The Bertz CT molecular complexity index is 771. The lowest BCUT2D eigenvalue weighted by Gasteiger charge is -2.32. The number of benzene rings is 1. The Labute approximate surface area is 134 Å². The average molecular weight is 365 g/mol. The van der Waals surface area contributed by atoms with Gasteiger partial charge in [-0.25, -0.2) is 4.79 Å². The average Bonchev–Trinajstić information content (AvgIpc) is 2.83. The molecule has 0 fully saturated rings. The van der Waals surface area contributed by atoms with Crippen LogP contribution in [-0.4, -0.2) is 22.6 Å². The number of aryl methyl sites for hydroxylation is 1. The topological polar surface area (TPSA) is 81.4 Å². The second kappa shape index (κ2) is 5.24. The van der Waals surface area contributed by atoms with Gasteiger partial charge in [0.1, 0.15) is 5.76 Å². The van der Waals surface area contributed by atoms with Gasteiger partial charge in [-0.2, -0.15) is 0 Å². The second-order valence-corrected chi connectivity index (χ2v) is 6.29. The Morgan fingerprint density at radius 1 is 1.41 bits per heavy atom. The third-order valence-corrected chi connectivity index (χ3v) is 3.98. The number of amides is 1. The van der Waals surface area contributed by atoms with Crippen molar-refractivity contribution < 1.29 is 18.8 Å². The predicted molar refractivity (Wildman–Crippen MR) is 81.5 cm³/mol. The van der Waals surface area contributed by atoms with Crippen LogP contribution < -0.4 is 5.32 Å². The van der Waals surface area contributed by atoms with E-state index in [4.69, 9.17) is 9.26 Å². The fourth-order valence-corrected chi connectivity index (χ4v) is 2.78. The maximum absolute atomic E-state index is 12.5. The molecule has 114 valence electrons. The summed E-state index contributed by atoms with van der Waals surface area (Å²) in [4.78, 5) is 24.6. The molecule has 0 saturated carbocycles. The van der Waals surface area contributed by atoms with Crippen molar-refractivity contribution in [3.8, 4) is 0 Å². The molecule has 22 heavy (non-hydrogen) atoms. The number of nitrogens with zero attached hydrogens (tertiary/aromatic N) is 1. The third kappa shape index (κ3) is 2.64. The number of hydrogen-bond acceptors (Lipinski definition) is 5. The Hall–Kier alpha value is -2.15. The molecule has 0 aliphatic carbocycles. The predicted octanol–water partition coefficient (Wildman–Crippen LogP) is 2.86. The number of carbonyl (C=O) groups excluding carboxylic acids is 2. The molecule has 0 spiro atoms. The fraction of sp³-hybridized carbons (Fsp3) is 0.267. The van der Waals surface area contributed by atoms with E-state index in [-0.39, 0.29) is 6.42 Å². The van der Waals surface area contributed by atoms with E-state index in [0.29, 0.717) is 17.1 Å².